The van der Waals surface area contributed by atoms with E-state index in [0.717, 1.165) is 27.0 Å². The van der Waals surface area contributed by atoms with Crippen LogP contribution >= 0.6 is 35.3 Å². The predicted octanol–water partition coefficient (Wildman–Crippen LogP) is 4.71. The maximum Gasteiger partial charge on any atom is 0.234 e. The normalized spacial score (nSPS) is 10.5. The number of nitrogens with one attached hydrogen (secondary N) is 1. The Morgan fingerprint density at radius 3 is 2.69 bits per heavy atom. The van der Waals surface area contributed by atoms with E-state index in [1.54, 1.807) is 36.1 Å². The number of carbonyl (C=O) groups excluding carboxylic acids is 1. The number of thioether (sulfide) groups is 1. The first-order valence-electron chi connectivity index (χ1n) is 7.79. The number of aryl methyl sites for hydroxylation is 1. The molecule has 1 aromatic heterocycles. The van der Waals surface area contributed by atoms with Crippen molar-refractivity contribution in [2.45, 2.75) is 11.3 Å². The summed E-state index contributed by atoms with van der Waals surface area (Å²) in [5.74, 6) is 0.921. The number of nitrogens with zero attached hydrogens (tertiary/aromatic N) is 2. The molecule has 8 heteroatoms. The van der Waals surface area contributed by atoms with Gasteiger partial charge in [0, 0.05) is 5.69 Å². The van der Waals surface area contributed by atoms with Crippen molar-refractivity contribution in [1.29, 1.82) is 0 Å². The van der Waals surface area contributed by atoms with Crippen LogP contribution in [0.1, 0.15) is 5.56 Å². The summed E-state index contributed by atoms with van der Waals surface area (Å²) in [6.07, 6.45) is 0. The lowest BCUT2D eigenvalue weighted by Crippen LogP contribution is -2.13. The number of anilines is 1. The average molecular weight is 404 g/mol. The molecule has 0 fully saturated rings. The summed E-state index contributed by atoms with van der Waals surface area (Å²) in [4.78, 5) is 12.1. The minimum atomic E-state index is -0.0938. The van der Waals surface area contributed by atoms with E-state index in [1.165, 1.54) is 23.1 Å². The van der Waals surface area contributed by atoms with Gasteiger partial charge in [-0.3, -0.25) is 4.79 Å². The van der Waals surface area contributed by atoms with Crippen LogP contribution in [0.5, 0.6) is 5.75 Å². The Kier molecular flexibility index (Phi) is 6.08. The van der Waals surface area contributed by atoms with Gasteiger partial charge in [0.05, 0.1) is 18.6 Å². The van der Waals surface area contributed by atoms with Crippen LogP contribution in [0.25, 0.3) is 5.69 Å². The summed E-state index contributed by atoms with van der Waals surface area (Å²) in [7, 11) is 1.61. The van der Waals surface area contributed by atoms with Crippen molar-refractivity contribution in [2.24, 2.45) is 0 Å². The molecule has 3 rings (SSSR count). The van der Waals surface area contributed by atoms with E-state index in [0.29, 0.717) is 3.95 Å². The highest BCUT2D eigenvalue weighted by Gasteiger charge is 2.10. The number of benzene rings is 2. The zero-order valence-corrected chi connectivity index (χ0v) is 16.7. The van der Waals surface area contributed by atoms with Crippen molar-refractivity contribution in [2.75, 3.05) is 18.2 Å². The molecule has 0 saturated heterocycles. The van der Waals surface area contributed by atoms with E-state index in [4.69, 9.17) is 17.0 Å². The lowest BCUT2D eigenvalue weighted by atomic mass is 10.2. The largest absolute Gasteiger partial charge is 0.497 e. The maximum atomic E-state index is 12.1. The first-order valence-corrected chi connectivity index (χ1v) is 10.0. The van der Waals surface area contributed by atoms with Crippen LogP contribution in [0.2, 0.25) is 0 Å². The summed E-state index contributed by atoms with van der Waals surface area (Å²) >= 11 is 8.19. The molecule has 0 aliphatic rings. The molecule has 0 radical (unpaired) electrons. The quantitative estimate of drug-likeness (QED) is 0.477. The molecule has 0 aliphatic heterocycles. The van der Waals surface area contributed by atoms with E-state index in [-0.39, 0.29) is 11.7 Å². The van der Waals surface area contributed by atoms with Crippen LogP contribution in [0.15, 0.2) is 52.9 Å². The Morgan fingerprint density at radius 1 is 1.27 bits per heavy atom. The Morgan fingerprint density at radius 2 is 2.00 bits per heavy atom. The molecule has 0 unspecified atom stereocenters. The molecule has 0 spiro atoms. The Balaban J connectivity index is 1.63. The molecular weight excluding hydrogens is 386 g/mol. The van der Waals surface area contributed by atoms with Gasteiger partial charge in [-0.1, -0.05) is 41.3 Å². The molecule has 1 heterocycles. The van der Waals surface area contributed by atoms with Gasteiger partial charge < -0.3 is 10.1 Å². The standard InChI is InChI=1S/C18H17N3O2S3/c1-12-5-3-4-6-15(12)21-18(24)26-17(20-21)25-11-16(22)19-13-7-9-14(23-2)10-8-13/h3-10H,11H2,1-2H3,(H,19,22). The number of aromatic nitrogens is 2. The number of amides is 1. The number of para-hydroxylation sites is 1. The molecule has 0 aliphatic carbocycles. The minimum absolute atomic E-state index is 0.0938. The number of hydrogen-bond donors (Lipinski definition) is 1. The van der Waals surface area contributed by atoms with Gasteiger partial charge in [0.2, 0.25) is 5.91 Å². The summed E-state index contributed by atoms with van der Waals surface area (Å²) in [5.41, 5.74) is 2.79. The van der Waals surface area contributed by atoms with E-state index >= 15 is 0 Å². The van der Waals surface area contributed by atoms with Crippen molar-refractivity contribution in [1.82, 2.24) is 9.78 Å². The smallest absolute Gasteiger partial charge is 0.234 e. The number of hydrogen-bond acceptors (Lipinski definition) is 6. The third-order valence-electron chi connectivity index (χ3n) is 3.57. The summed E-state index contributed by atoms with van der Waals surface area (Å²) in [6.45, 7) is 2.02. The number of methoxy groups -OCH3 is 1. The lowest BCUT2D eigenvalue weighted by molar-refractivity contribution is -0.113. The van der Waals surface area contributed by atoms with Gasteiger partial charge in [-0.2, -0.15) is 0 Å². The zero-order chi connectivity index (χ0) is 18.5. The van der Waals surface area contributed by atoms with Gasteiger partial charge in [0.1, 0.15) is 5.75 Å². The number of rotatable bonds is 6. The molecule has 0 saturated carbocycles. The van der Waals surface area contributed by atoms with Crippen molar-refractivity contribution in [3.63, 3.8) is 0 Å². The third kappa shape index (κ3) is 4.51. The second-order valence-corrected chi connectivity index (χ2v) is 8.24. The topological polar surface area (TPSA) is 56.1 Å². The van der Waals surface area contributed by atoms with Crippen molar-refractivity contribution in [3.8, 4) is 11.4 Å². The number of carbonyl (C=O) groups is 1. The Labute approximate surface area is 165 Å². The molecule has 1 N–H and O–H groups in total. The van der Waals surface area contributed by atoms with Gasteiger partial charge in [-0.15, -0.1) is 5.10 Å². The fraction of sp³-hybridized carbons (Fsp3) is 0.167. The molecule has 134 valence electrons. The highest BCUT2D eigenvalue weighted by Crippen LogP contribution is 2.25. The lowest BCUT2D eigenvalue weighted by Gasteiger charge is -2.05. The highest BCUT2D eigenvalue weighted by atomic mass is 32.2. The molecule has 0 atom stereocenters. The van der Waals surface area contributed by atoms with Gasteiger partial charge in [-0.05, 0) is 55.0 Å². The van der Waals surface area contributed by atoms with Crippen molar-refractivity contribution < 1.29 is 9.53 Å². The molecule has 5 nitrogen and oxygen atoms in total. The molecular formula is C18H17N3O2S3. The van der Waals surface area contributed by atoms with E-state index < -0.39 is 0 Å². The predicted molar refractivity (Wildman–Crippen MR) is 109 cm³/mol. The van der Waals surface area contributed by atoms with Crippen LogP contribution in [0.3, 0.4) is 0 Å². The van der Waals surface area contributed by atoms with Crippen molar-refractivity contribution >= 4 is 46.9 Å². The van der Waals surface area contributed by atoms with Crippen LogP contribution in [0, 0.1) is 10.9 Å². The van der Waals surface area contributed by atoms with Gasteiger partial charge >= 0.3 is 0 Å². The second-order valence-electron chi connectivity index (χ2n) is 5.40. The van der Waals surface area contributed by atoms with E-state index in [9.17, 15) is 4.79 Å². The highest BCUT2D eigenvalue weighted by molar-refractivity contribution is 8.01. The molecule has 2 aromatic carbocycles. The van der Waals surface area contributed by atoms with Crippen LogP contribution < -0.4 is 10.1 Å². The van der Waals surface area contributed by atoms with Crippen LogP contribution in [-0.2, 0) is 4.79 Å². The van der Waals surface area contributed by atoms with Crippen LogP contribution in [-0.4, -0.2) is 28.6 Å². The van der Waals surface area contributed by atoms with E-state index in [2.05, 4.69) is 10.4 Å². The monoisotopic (exact) mass is 403 g/mol. The Bertz CT molecular complexity index is 964. The average Bonchev–Trinajstić information content (AvgIpc) is 3.01. The summed E-state index contributed by atoms with van der Waals surface area (Å²) in [6, 6.07) is 15.2. The van der Waals surface area contributed by atoms with E-state index in [1.807, 2.05) is 31.2 Å². The van der Waals surface area contributed by atoms with Crippen LogP contribution in [0.4, 0.5) is 5.69 Å². The third-order valence-corrected chi connectivity index (χ3v) is 5.94. The fourth-order valence-electron chi connectivity index (χ4n) is 2.27. The Hall–Kier alpha value is -2.16. The zero-order valence-electron chi connectivity index (χ0n) is 14.3. The van der Waals surface area contributed by atoms with Gasteiger partial charge in [0.25, 0.3) is 0 Å². The van der Waals surface area contributed by atoms with Gasteiger partial charge in [-0.25, -0.2) is 4.68 Å². The molecule has 0 bridgehead atoms. The first-order chi connectivity index (χ1) is 12.6. The summed E-state index contributed by atoms with van der Waals surface area (Å²) < 4.78 is 8.28. The second kappa shape index (κ2) is 8.48. The SMILES string of the molecule is COc1ccc(NC(=O)CSc2nn(-c3ccccc3C)c(=S)s2)cc1. The number of ether oxygens (including phenoxy) is 1. The fourth-order valence-corrected chi connectivity index (χ4v) is 4.42. The summed E-state index contributed by atoms with van der Waals surface area (Å²) in [5, 5.41) is 7.39. The minimum Gasteiger partial charge on any atom is -0.497 e. The maximum absolute atomic E-state index is 12.1. The van der Waals surface area contributed by atoms with Crippen molar-refractivity contribution in [3.05, 3.63) is 58.0 Å². The first kappa shape index (κ1) is 18.6. The molecule has 3 aromatic rings. The molecule has 1 amide bonds. The molecule has 26 heavy (non-hydrogen) atoms. The van der Waals surface area contributed by atoms with Gasteiger partial charge in [0.15, 0.2) is 8.29 Å².